The Kier molecular flexibility index (Phi) is 5.45. The molecule has 0 atom stereocenters. The summed E-state index contributed by atoms with van der Waals surface area (Å²) < 4.78 is 0.690. The van der Waals surface area contributed by atoms with Crippen molar-refractivity contribution in [2.24, 2.45) is 11.5 Å². The minimum atomic E-state index is -0.616. The number of hydrogen-bond donors (Lipinski definition) is 2. The van der Waals surface area contributed by atoms with E-state index in [-0.39, 0.29) is 25.4 Å². The van der Waals surface area contributed by atoms with Crippen LogP contribution < -0.4 is 11.5 Å². The van der Waals surface area contributed by atoms with Crippen molar-refractivity contribution in [1.29, 1.82) is 0 Å². The highest BCUT2D eigenvalue weighted by molar-refractivity contribution is 9.10. The van der Waals surface area contributed by atoms with Gasteiger partial charge in [-0.1, -0.05) is 0 Å². The Balaban J connectivity index is 2.71. The van der Waals surface area contributed by atoms with Crippen LogP contribution in [0.25, 0.3) is 0 Å². The quantitative estimate of drug-likeness (QED) is 0.683. The van der Waals surface area contributed by atoms with Crippen LogP contribution in [0.15, 0.2) is 15.9 Å². The number of rotatable bonds is 7. The Labute approximate surface area is 116 Å². The molecule has 2 amide bonds. The number of thiophene rings is 1. The third kappa shape index (κ3) is 4.55. The molecular weight excluding hydrogens is 322 g/mol. The van der Waals surface area contributed by atoms with Gasteiger partial charge in [-0.3, -0.25) is 19.3 Å². The highest BCUT2D eigenvalue weighted by Crippen LogP contribution is 2.23. The molecule has 1 aromatic heterocycles. The molecule has 4 N–H and O–H groups in total. The summed E-state index contributed by atoms with van der Waals surface area (Å²) in [4.78, 5) is 35.5. The number of hydrogen-bond acceptors (Lipinski definition) is 5. The molecule has 0 saturated heterocycles. The topological polar surface area (TPSA) is 106 Å². The summed E-state index contributed by atoms with van der Waals surface area (Å²) in [5.41, 5.74) is 10.1. The average molecular weight is 334 g/mol. The number of carbonyl (C=O) groups is 3. The van der Waals surface area contributed by atoms with Gasteiger partial charge >= 0.3 is 0 Å². The van der Waals surface area contributed by atoms with Gasteiger partial charge in [-0.2, -0.15) is 0 Å². The van der Waals surface area contributed by atoms with Crippen molar-refractivity contribution in [1.82, 2.24) is 4.90 Å². The first-order valence-corrected chi connectivity index (χ1v) is 6.62. The zero-order valence-corrected chi connectivity index (χ0v) is 11.8. The minimum absolute atomic E-state index is 0.0784. The van der Waals surface area contributed by atoms with Crippen LogP contribution in [0.4, 0.5) is 0 Å². The number of ketones is 1. The van der Waals surface area contributed by atoms with E-state index in [1.807, 2.05) is 0 Å². The molecule has 1 aromatic rings. The smallest absolute Gasteiger partial charge is 0.231 e. The second-order valence-corrected chi connectivity index (χ2v) is 5.37. The van der Waals surface area contributed by atoms with Crippen molar-refractivity contribution in [3.05, 3.63) is 20.8 Å². The molecule has 0 saturated carbocycles. The van der Waals surface area contributed by atoms with Crippen molar-refractivity contribution in [2.45, 2.75) is 0 Å². The average Bonchev–Trinajstić information content (AvgIpc) is 2.61. The third-order valence-electron chi connectivity index (χ3n) is 2.00. The van der Waals surface area contributed by atoms with Crippen LogP contribution in [0, 0.1) is 0 Å². The lowest BCUT2D eigenvalue weighted by Crippen LogP contribution is -2.42. The summed E-state index contributed by atoms with van der Waals surface area (Å²) in [6.07, 6.45) is 0. The van der Waals surface area contributed by atoms with Gasteiger partial charge in [0, 0.05) is 4.47 Å². The number of nitrogens with zero attached hydrogens (tertiary/aromatic N) is 1. The second kappa shape index (κ2) is 6.62. The zero-order chi connectivity index (χ0) is 13.7. The van der Waals surface area contributed by atoms with Gasteiger partial charge in [-0.15, -0.1) is 11.3 Å². The van der Waals surface area contributed by atoms with E-state index in [0.717, 1.165) is 0 Å². The molecule has 1 heterocycles. The fourth-order valence-corrected chi connectivity index (χ4v) is 2.90. The SMILES string of the molecule is NC(=O)CN(CC(N)=O)CC(=O)c1sccc1Br. The summed E-state index contributed by atoms with van der Waals surface area (Å²) in [6, 6.07) is 1.75. The van der Waals surface area contributed by atoms with E-state index in [2.05, 4.69) is 15.9 Å². The zero-order valence-electron chi connectivity index (χ0n) is 9.39. The van der Waals surface area contributed by atoms with E-state index in [9.17, 15) is 14.4 Å². The third-order valence-corrected chi connectivity index (χ3v) is 3.88. The van der Waals surface area contributed by atoms with Crippen molar-refractivity contribution >= 4 is 44.9 Å². The number of nitrogens with two attached hydrogens (primary N) is 2. The molecular formula is C10H12BrN3O3S. The lowest BCUT2D eigenvalue weighted by atomic mass is 10.3. The summed E-state index contributed by atoms with van der Waals surface area (Å²) in [5, 5.41) is 1.77. The van der Waals surface area contributed by atoms with Gasteiger partial charge in [-0.05, 0) is 27.4 Å². The van der Waals surface area contributed by atoms with Crippen molar-refractivity contribution in [3.8, 4) is 0 Å². The minimum Gasteiger partial charge on any atom is -0.369 e. The first kappa shape index (κ1) is 14.8. The van der Waals surface area contributed by atoms with Gasteiger partial charge in [0.15, 0.2) is 5.78 Å². The van der Waals surface area contributed by atoms with Gasteiger partial charge in [0.05, 0.1) is 24.5 Å². The number of primary amides is 2. The fourth-order valence-electron chi connectivity index (χ4n) is 1.38. The summed E-state index contributed by atoms with van der Waals surface area (Å²) >= 11 is 4.53. The van der Waals surface area contributed by atoms with Crippen molar-refractivity contribution < 1.29 is 14.4 Å². The van der Waals surface area contributed by atoms with Gasteiger partial charge in [0.2, 0.25) is 11.8 Å². The number of amides is 2. The van der Waals surface area contributed by atoms with Gasteiger partial charge < -0.3 is 11.5 Å². The van der Waals surface area contributed by atoms with E-state index in [1.165, 1.54) is 16.2 Å². The normalized spacial score (nSPS) is 10.6. The maximum absolute atomic E-state index is 11.9. The highest BCUT2D eigenvalue weighted by Gasteiger charge is 2.18. The molecule has 0 bridgehead atoms. The molecule has 8 heteroatoms. The van der Waals surface area contributed by atoms with Crippen LogP contribution in [0.2, 0.25) is 0 Å². The molecule has 1 rings (SSSR count). The van der Waals surface area contributed by atoms with E-state index >= 15 is 0 Å². The monoisotopic (exact) mass is 333 g/mol. The maximum Gasteiger partial charge on any atom is 0.231 e. The molecule has 6 nitrogen and oxygen atoms in total. The molecule has 0 aliphatic carbocycles. The largest absolute Gasteiger partial charge is 0.369 e. The molecule has 0 unspecified atom stereocenters. The lowest BCUT2D eigenvalue weighted by molar-refractivity contribution is -0.121. The highest BCUT2D eigenvalue weighted by atomic mass is 79.9. The van der Waals surface area contributed by atoms with Gasteiger partial charge in [-0.25, -0.2) is 0 Å². The Morgan fingerprint density at radius 2 is 1.72 bits per heavy atom. The number of Topliss-reactive ketones (excluding diaryl/α,β-unsaturated/α-hetero) is 1. The first-order chi connectivity index (χ1) is 8.40. The molecule has 0 spiro atoms. The molecule has 0 aliphatic rings. The van der Waals surface area contributed by atoms with Gasteiger partial charge in [0.1, 0.15) is 0 Å². The van der Waals surface area contributed by atoms with Gasteiger partial charge in [0.25, 0.3) is 0 Å². The maximum atomic E-state index is 11.9. The van der Waals surface area contributed by atoms with E-state index in [4.69, 9.17) is 11.5 Å². The standard InChI is InChI=1S/C10H12BrN3O3S/c11-6-1-2-18-10(6)7(15)3-14(4-8(12)16)5-9(13)17/h1-2H,3-5H2,(H2,12,16)(H2,13,17). The predicted molar refractivity (Wildman–Crippen MR) is 71.2 cm³/mol. The van der Waals surface area contributed by atoms with Crippen LogP contribution in [0.1, 0.15) is 9.67 Å². The number of carbonyl (C=O) groups excluding carboxylic acids is 3. The molecule has 0 aliphatic heterocycles. The Morgan fingerprint density at radius 1 is 1.17 bits per heavy atom. The van der Waals surface area contributed by atoms with Crippen LogP contribution >= 0.6 is 27.3 Å². The van der Waals surface area contributed by atoms with Crippen LogP contribution in [-0.4, -0.2) is 42.1 Å². The molecule has 0 radical (unpaired) electrons. The van der Waals surface area contributed by atoms with Crippen LogP contribution in [0.3, 0.4) is 0 Å². The van der Waals surface area contributed by atoms with E-state index in [0.29, 0.717) is 9.35 Å². The summed E-state index contributed by atoms with van der Waals surface area (Å²) in [5.74, 6) is -1.43. The predicted octanol–water partition coefficient (Wildman–Crippen LogP) is -0.0341. The fraction of sp³-hybridized carbons (Fsp3) is 0.300. The molecule has 0 aromatic carbocycles. The summed E-state index contributed by atoms with van der Waals surface area (Å²) in [7, 11) is 0. The Bertz CT molecular complexity index is 459. The lowest BCUT2D eigenvalue weighted by Gasteiger charge is -2.17. The van der Waals surface area contributed by atoms with Crippen LogP contribution in [0.5, 0.6) is 0 Å². The van der Waals surface area contributed by atoms with Crippen molar-refractivity contribution in [3.63, 3.8) is 0 Å². The molecule has 18 heavy (non-hydrogen) atoms. The second-order valence-electron chi connectivity index (χ2n) is 3.60. The summed E-state index contributed by atoms with van der Waals surface area (Å²) in [6.45, 7) is -0.444. The van der Waals surface area contributed by atoms with E-state index in [1.54, 1.807) is 11.4 Å². The molecule has 0 fully saturated rings. The van der Waals surface area contributed by atoms with E-state index < -0.39 is 11.8 Å². The van der Waals surface area contributed by atoms with Crippen molar-refractivity contribution in [2.75, 3.05) is 19.6 Å². The Morgan fingerprint density at radius 3 is 2.11 bits per heavy atom. The van der Waals surface area contributed by atoms with Crippen LogP contribution in [-0.2, 0) is 9.59 Å². The Hall–Kier alpha value is -1.25. The number of halogens is 1. The molecule has 98 valence electrons. The first-order valence-electron chi connectivity index (χ1n) is 4.95.